The molecule has 1 heterocycles. The van der Waals surface area contributed by atoms with Crippen LogP contribution in [0.2, 0.25) is 0 Å². The van der Waals surface area contributed by atoms with Crippen molar-refractivity contribution in [1.82, 2.24) is 20.8 Å². The third-order valence-corrected chi connectivity index (χ3v) is 4.97. The number of thioether (sulfide) groups is 1. The Morgan fingerprint density at radius 3 is 2.48 bits per heavy atom. The van der Waals surface area contributed by atoms with E-state index in [-0.39, 0.29) is 5.22 Å². The highest BCUT2D eigenvalue weighted by Crippen LogP contribution is 2.36. The van der Waals surface area contributed by atoms with Gasteiger partial charge in [-0.2, -0.15) is 0 Å². The number of methoxy groups -OCH3 is 1. The van der Waals surface area contributed by atoms with Crippen LogP contribution >= 0.6 is 11.8 Å². The lowest BCUT2D eigenvalue weighted by Gasteiger charge is -2.14. The maximum atomic E-state index is 12.7. The Kier molecular flexibility index (Phi) is 6.85. The molecule has 0 saturated heterocycles. The van der Waals surface area contributed by atoms with Gasteiger partial charge in [-0.05, 0) is 48.5 Å². The molecule has 0 aliphatic carbocycles. The Balaban J connectivity index is 1.79. The first-order valence-corrected chi connectivity index (χ1v) is 9.77. The largest absolute Gasteiger partial charge is 0.497 e. The lowest BCUT2D eigenvalue weighted by molar-refractivity contribution is -0.119. The average Bonchev–Trinajstić information content (AvgIpc) is 3.21. The van der Waals surface area contributed by atoms with Crippen molar-refractivity contribution in [2.24, 2.45) is 0 Å². The molecule has 0 saturated carbocycles. The summed E-state index contributed by atoms with van der Waals surface area (Å²) in [6, 6.07) is 15.7. The number of ether oxygens (including phenoxy) is 1. The van der Waals surface area contributed by atoms with Gasteiger partial charge in [0.05, 0.1) is 7.11 Å². The summed E-state index contributed by atoms with van der Waals surface area (Å²) in [7, 11) is 1.59. The zero-order valence-corrected chi connectivity index (χ0v) is 16.7. The van der Waals surface area contributed by atoms with E-state index < -0.39 is 17.2 Å². The normalized spacial score (nSPS) is 11.5. The Hall–Kier alpha value is -3.33. The van der Waals surface area contributed by atoms with Crippen molar-refractivity contribution >= 4 is 23.7 Å². The number of urea groups is 1. The van der Waals surface area contributed by atoms with E-state index >= 15 is 0 Å². The molecular weight excluding hydrogens is 392 g/mol. The molecular formula is C20H20N4O4S. The van der Waals surface area contributed by atoms with E-state index in [1.807, 2.05) is 18.2 Å². The quantitative estimate of drug-likeness (QED) is 0.573. The van der Waals surface area contributed by atoms with Crippen LogP contribution in [0.4, 0.5) is 4.79 Å². The summed E-state index contributed by atoms with van der Waals surface area (Å²) in [5.74, 6) is 0.566. The second-order valence-corrected chi connectivity index (χ2v) is 6.92. The van der Waals surface area contributed by atoms with Gasteiger partial charge in [0.25, 0.3) is 5.22 Å². The van der Waals surface area contributed by atoms with E-state index in [0.717, 1.165) is 17.3 Å². The summed E-state index contributed by atoms with van der Waals surface area (Å²) >= 11 is 1.08. The molecule has 3 rings (SSSR count). The molecule has 150 valence electrons. The van der Waals surface area contributed by atoms with Crippen molar-refractivity contribution in [3.05, 3.63) is 60.2 Å². The molecule has 0 radical (unpaired) electrons. The van der Waals surface area contributed by atoms with E-state index in [1.54, 1.807) is 50.4 Å². The third kappa shape index (κ3) is 5.35. The zero-order valence-electron chi connectivity index (χ0n) is 15.9. The molecule has 0 aliphatic rings. The number of aromatic nitrogens is 2. The van der Waals surface area contributed by atoms with Gasteiger partial charge in [0.1, 0.15) is 11.0 Å². The number of amides is 3. The number of nitrogens with one attached hydrogen (secondary N) is 2. The topological polar surface area (TPSA) is 106 Å². The average molecular weight is 412 g/mol. The standard InChI is InChI=1S/C20H20N4O4S/c1-3-21-19(26)22-17(25)16(13-7-5-4-6-8-13)29-20-24-23-18(28-20)14-9-11-15(27-2)12-10-14/h4-12,16H,3H2,1-2H3,(H2,21,22,25,26)/t16-/m0/s1. The molecule has 9 heteroatoms. The van der Waals surface area contributed by atoms with Crippen LogP contribution in [0, 0.1) is 0 Å². The lowest BCUT2D eigenvalue weighted by Crippen LogP contribution is -2.41. The second-order valence-electron chi connectivity index (χ2n) is 5.86. The molecule has 29 heavy (non-hydrogen) atoms. The summed E-state index contributed by atoms with van der Waals surface area (Å²) in [4.78, 5) is 24.5. The lowest BCUT2D eigenvalue weighted by atomic mass is 10.1. The van der Waals surface area contributed by atoms with Gasteiger partial charge in [0.2, 0.25) is 11.8 Å². The van der Waals surface area contributed by atoms with Crippen LogP contribution in [-0.2, 0) is 4.79 Å². The van der Waals surface area contributed by atoms with Gasteiger partial charge in [-0.3, -0.25) is 10.1 Å². The number of imide groups is 1. The van der Waals surface area contributed by atoms with Crippen molar-refractivity contribution in [1.29, 1.82) is 0 Å². The predicted octanol–water partition coefficient (Wildman–Crippen LogP) is 3.42. The summed E-state index contributed by atoms with van der Waals surface area (Å²) < 4.78 is 10.9. The molecule has 8 nitrogen and oxygen atoms in total. The highest BCUT2D eigenvalue weighted by Gasteiger charge is 2.26. The van der Waals surface area contributed by atoms with Crippen molar-refractivity contribution in [3.63, 3.8) is 0 Å². The van der Waals surface area contributed by atoms with Gasteiger partial charge in [0.15, 0.2) is 0 Å². The fraction of sp³-hybridized carbons (Fsp3) is 0.200. The molecule has 0 aliphatic heterocycles. The van der Waals surface area contributed by atoms with E-state index in [2.05, 4.69) is 20.8 Å². The number of carbonyl (C=O) groups is 2. The first-order valence-electron chi connectivity index (χ1n) is 8.89. The number of benzene rings is 2. The Bertz CT molecular complexity index is 960. The Morgan fingerprint density at radius 2 is 1.83 bits per heavy atom. The van der Waals surface area contributed by atoms with Crippen molar-refractivity contribution in [2.45, 2.75) is 17.4 Å². The van der Waals surface area contributed by atoms with Gasteiger partial charge in [0, 0.05) is 12.1 Å². The van der Waals surface area contributed by atoms with E-state index in [0.29, 0.717) is 23.7 Å². The zero-order chi connectivity index (χ0) is 20.6. The summed E-state index contributed by atoms with van der Waals surface area (Å²) in [5.41, 5.74) is 1.44. The number of hydrogen-bond donors (Lipinski definition) is 2. The molecule has 3 amide bonds. The fourth-order valence-electron chi connectivity index (χ4n) is 2.49. The molecule has 2 N–H and O–H groups in total. The predicted molar refractivity (Wildman–Crippen MR) is 109 cm³/mol. The van der Waals surface area contributed by atoms with Crippen LogP contribution in [0.5, 0.6) is 5.75 Å². The van der Waals surface area contributed by atoms with Crippen LogP contribution in [0.25, 0.3) is 11.5 Å². The second kappa shape index (κ2) is 9.74. The maximum absolute atomic E-state index is 12.7. The first-order chi connectivity index (χ1) is 14.1. The number of rotatable bonds is 7. The molecule has 1 atom stereocenters. The van der Waals surface area contributed by atoms with Gasteiger partial charge in [-0.25, -0.2) is 4.79 Å². The van der Waals surface area contributed by atoms with Crippen LogP contribution in [0.3, 0.4) is 0 Å². The molecule has 0 unspecified atom stereocenters. The summed E-state index contributed by atoms with van der Waals surface area (Å²) in [6.45, 7) is 2.18. The first kappa shape index (κ1) is 20.4. The minimum Gasteiger partial charge on any atom is -0.497 e. The molecule has 0 fully saturated rings. The van der Waals surface area contributed by atoms with Crippen molar-refractivity contribution in [3.8, 4) is 17.2 Å². The van der Waals surface area contributed by atoms with Gasteiger partial charge < -0.3 is 14.5 Å². The Morgan fingerprint density at radius 1 is 1.10 bits per heavy atom. The Labute approximate surface area is 172 Å². The minimum absolute atomic E-state index is 0.218. The van der Waals surface area contributed by atoms with Crippen LogP contribution < -0.4 is 15.4 Å². The van der Waals surface area contributed by atoms with Crippen molar-refractivity contribution in [2.75, 3.05) is 13.7 Å². The highest BCUT2D eigenvalue weighted by molar-refractivity contribution is 8.00. The number of hydrogen-bond acceptors (Lipinski definition) is 7. The van der Waals surface area contributed by atoms with Gasteiger partial charge >= 0.3 is 6.03 Å². The smallest absolute Gasteiger partial charge is 0.321 e. The SMILES string of the molecule is CCNC(=O)NC(=O)[C@@H](Sc1nnc(-c2ccc(OC)cc2)o1)c1ccccc1. The molecule has 0 spiro atoms. The monoisotopic (exact) mass is 412 g/mol. The number of nitrogens with zero attached hydrogens (tertiary/aromatic N) is 2. The highest BCUT2D eigenvalue weighted by atomic mass is 32.2. The molecule has 2 aromatic carbocycles. The minimum atomic E-state index is -0.733. The van der Waals surface area contributed by atoms with Gasteiger partial charge in [-0.15, -0.1) is 10.2 Å². The summed E-state index contributed by atoms with van der Waals surface area (Å²) in [6.07, 6.45) is 0. The van der Waals surface area contributed by atoms with E-state index in [9.17, 15) is 9.59 Å². The van der Waals surface area contributed by atoms with Crippen LogP contribution in [-0.4, -0.2) is 35.8 Å². The molecule has 0 bridgehead atoms. The van der Waals surface area contributed by atoms with Crippen LogP contribution in [0.1, 0.15) is 17.7 Å². The maximum Gasteiger partial charge on any atom is 0.321 e. The van der Waals surface area contributed by atoms with Crippen LogP contribution in [0.15, 0.2) is 64.2 Å². The fourth-order valence-corrected chi connectivity index (χ4v) is 3.37. The molecule has 3 aromatic rings. The summed E-state index contributed by atoms with van der Waals surface area (Å²) in [5, 5.41) is 12.4. The van der Waals surface area contributed by atoms with Gasteiger partial charge in [-0.1, -0.05) is 30.3 Å². The number of carbonyl (C=O) groups excluding carboxylic acids is 2. The van der Waals surface area contributed by atoms with E-state index in [4.69, 9.17) is 9.15 Å². The molecule has 1 aromatic heterocycles. The van der Waals surface area contributed by atoms with E-state index in [1.165, 1.54) is 0 Å². The third-order valence-electron chi connectivity index (χ3n) is 3.88. The van der Waals surface area contributed by atoms with Crippen molar-refractivity contribution < 1.29 is 18.7 Å².